The van der Waals surface area contributed by atoms with E-state index in [1.54, 1.807) is 16.7 Å². The first kappa shape index (κ1) is 19.6. The summed E-state index contributed by atoms with van der Waals surface area (Å²) in [7, 11) is 0. The van der Waals surface area contributed by atoms with Gasteiger partial charge in [0.2, 0.25) is 5.91 Å². The van der Waals surface area contributed by atoms with Gasteiger partial charge in [-0.25, -0.2) is 0 Å². The SMILES string of the molecule is CC(C)(C)SCCCC(=O)N1CCC(C(O)C(F)(F)F)CC1. The summed E-state index contributed by atoms with van der Waals surface area (Å²) in [6, 6.07) is 0. The van der Waals surface area contributed by atoms with Crippen LogP contribution in [0.3, 0.4) is 0 Å². The van der Waals surface area contributed by atoms with Crippen molar-refractivity contribution < 1.29 is 23.1 Å². The lowest BCUT2D eigenvalue weighted by molar-refractivity contribution is -0.222. The van der Waals surface area contributed by atoms with Gasteiger partial charge < -0.3 is 10.0 Å². The summed E-state index contributed by atoms with van der Waals surface area (Å²) in [5.74, 6) is 0.119. The van der Waals surface area contributed by atoms with Crippen molar-refractivity contribution in [2.24, 2.45) is 5.92 Å². The number of likely N-dealkylation sites (tertiary alicyclic amines) is 1. The van der Waals surface area contributed by atoms with E-state index in [0.29, 0.717) is 19.5 Å². The maximum atomic E-state index is 12.5. The summed E-state index contributed by atoms with van der Waals surface area (Å²) < 4.78 is 37.6. The molecule has 0 aromatic heterocycles. The van der Waals surface area contributed by atoms with Crippen LogP contribution in [0.2, 0.25) is 0 Å². The Morgan fingerprint density at radius 3 is 2.27 bits per heavy atom. The Hall–Kier alpha value is -0.430. The predicted octanol–water partition coefficient (Wildman–Crippen LogP) is 3.46. The van der Waals surface area contributed by atoms with Crippen LogP contribution >= 0.6 is 11.8 Å². The molecule has 1 rings (SSSR count). The number of aliphatic hydroxyl groups excluding tert-OH is 1. The number of halogens is 3. The zero-order chi connectivity index (χ0) is 17.0. The number of hydrogen-bond donors (Lipinski definition) is 1. The predicted molar refractivity (Wildman–Crippen MR) is 82.8 cm³/mol. The fourth-order valence-electron chi connectivity index (χ4n) is 2.49. The fourth-order valence-corrected chi connectivity index (χ4v) is 3.39. The molecule has 1 unspecified atom stereocenters. The van der Waals surface area contributed by atoms with Gasteiger partial charge in [0.1, 0.15) is 0 Å². The minimum Gasteiger partial charge on any atom is -0.383 e. The van der Waals surface area contributed by atoms with Crippen LogP contribution in [0.5, 0.6) is 0 Å². The van der Waals surface area contributed by atoms with Crippen molar-refractivity contribution in [1.29, 1.82) is 0 Å². The smallest absolute Gasteiger partial charge is 0.383 e. The number of rotatable bonds is 5. The third-order valence-corrected chi connectivity index (χ3v) is 5.10. The molecule has 1 aliphatic heterocycles. The minimum absolute atomic E-state index is 0.00876. The molecule has 130 valence electrons. The second kappa shape index (κ2) is 7.90. The van der Waals surface area contributed by atoms with Crippen LogP contribution in [-0.2, 0) is 4.79 Å². The van der Waals surface area contributed by atoms with Crippen molar-refractivity contribution in [3.05, 3.63) is 0 Å². The van der Waals surface area contributed by atoms with Gasteiger partial charge in [-0.15, -0.1) is 0 Å². The molecule has 1 heterocycles. The summed E-state index contributed by atoms with van der Waals surface area (Å²) in [5.41, 5.74) is 0. The van der Waals surface area contributed by atoms with Crippen molar-refractivity contribution >= 4 is 17.7 Å². The monoisotopic (exact) mass is 341 g/mol. The molecule has 1 N–H and O–H groups in total. The number of carbonyl (C=O) groups excluding carboxylic acids is 1. The average Bonchev–Trinajstić information content (AvgIpc) is 2.40. The molecule has 7 heteroatoms. The van der Waals surface area contributed by atoms with Crippen LogP contribution < -0.4 is 0 Å². The number of carbonyl (C=O) groups is 1. The summed E-state index contributed by atoms with van der Waals surface area (Å²) in [6.07, 6.45) is -5.19. The lowest BCUT2D eigenvalue weighted by Gasteiger charge is -2.34. The van der Waals surface area contributed by atoms with Gasteiger partial charge in [0.25, 0.3) is 0 Å². The van der Waals surface area contributed by atoms with E-state index >= 15 is 0 Å². The first-order valence-electron chi connectivity index (χ1n) is 7.67. The van der Waals surface area contributed by atoms with Gasteiger partial charge in [-0.3, -0.25) is 4.79 Å². The molecule has 1 atom stereocenters. The quantitative estimate of drug-likeness (QED) is 0.779. The number of nitrogens with zero attached hydrogens (tertiary/aromatic N) is 1. The Labute approximate surface area is 134 Å². The van der Waals surface area contributed by atoms with Crippen molar-refractivity contribution in [2.75, 3.05) is 18.8 Å². The summed E-state index contributed by atoms with van der Waals surface area (Å²) in [6.45, 7) is 6.98. The lowest BCUT2D eigenvalue weighted by atomic mass is 9.90. The molecule has 1 saturated heterocycles. The third-order valence-electron chi connectivity index (χ3n) is 3.74. The molecule has 0 bridgehead atoms. The summed E-state index contributed by atoms with van der Waals surface area (Å²) in [4.78, 5) is 13.7. The highest BCUT2D eigenvalue weighted by molar-refractivity contribution is 8.00. The van der Waals surface area contributed by atoms with Crippen LogP contribution in [0, 0.1) is 5.92 Å². The number of piperidine rings is 1. The molecule has 0 aromatic carbocycles. The molecular formula is C15H26F3NO2S. The Bertz CT molecular complexity index is 361. The molecule has 0 aromatic rings. The van der Waals surface area contributed by atoms with E-state index in [1.165, 1.54) is 0 Å². The maximum Gasteiger partial charge on any atom is 0.414 e. The molecule has 22 heavy (non-hydrogen) atoms. The molecule has 0 aliphatic carbocycles. The first-order chi connectivity index (χ1) is 10.0. The van der Waals surface area contributed by atoms with E-state index in [9.17, 15) is 23.1 Å². The highest BCUT2D eigenvalue weighted by Crippen LogP contribution is 2.31. The minimum atomic E-state index is -4.57. The van der Waals surface area contributed by atoms with Gasteiger partial charge in [0.05, 0.1) is 0 Å². The molecular weight excluding hydrogens is 315 g/mol. The highest BCUT2D eigenvalue weighted by Gasteiger charge is 2.44. The molecule has 1 fully saturated rings. The normalized spacial score (nSPS) is 19.3. The van der Waals surface area contributed by atoms with Crippen LogP contribution in [0.1, 0.15) is 46.5 Å². The first-order valence-corrected chi connectivity index (χ1v) is 8.66. The Morgan fingerprint density at radius 1 is 1.27 bits per heavy atom. The van der Waals surface area contributed by atoms with Crippen LogP contribution in [0.15, 0.2) is 0 Å². The largest absolute Gasteiger partial charge is 0.414 e. The van der Waals surface area contributed by atoms with Gasteiger partial charge in [-0.05, 0) is 30.9 Å². The van der Waals surface area contributed by atoms with Gasteiger partial charge >= 0.3 is 6.18 Å². The fraction of sp³-hybridized carbons (Fsp3) is 0.933. The van der Waals surface area contributed by atoms with E-state index in [-0.39, 0.29) is 23.5 Å². The van der Waals surface area contributed by atoms with E-state index in [4.69, 9.17) is 0 Å². The number of alkyl halides is 3. The Balaban J connectivity index is 2.28. The molecule has 0 spiro atoms. The maximum absolute atomic E-state index is 12.5. The molecule has 0 radical (unpaired) electrons. The van der Waals surface area contributed by atoms with E-state index in [0.717, 1.165) is 12.2 Å². The van der Waals surface area contributed by atoms with Gasteiger partial charge in [-0.2, -0.15) is 24.9 Å². The molecule has 3 nitrogen and oxygen atoms in total. The van der Waals surface area contributed by atoms with E-state index in [2.05, 4.69) is 20.8 Å². The van der Waals surface area contributed by atoms with E-state index < -0.39 is 18.2 Å². The number of amides is 1. The Kier molecular flexibility index (Phi) is 7.05. The van der Waals surface area contributed by atoms with Crippen LogP contribution in [0.4, 0.5) is 13.2 Å². The lowest BCUT2D eigenvalue weighted by Crippen LogP contribution is -2.45. The van der Waals surface area contributed by atoms with Gasteiger partial charge in [0, 0.05) is 24.3 Å². The van der Waals surface area contributed by atoms with E-state index in [1.807, 2.05) is 0 Å². The molecule has 0 saturated carbocycles. The molecule has 1 amide bonds. The van der Waals surface area contributed by atoms with Crippen molar-refractivity contribution in [1.82, 2.24) is 4.90 Å². The second-order valence-electron chi connectivity index (χ2n) is 6.77. The zero-order valence-electron chi connectivity index (χ0n) is 13.4. The van der Waals surface area contributed by atoms with Crippen molar-refractivity contribution in [2.45, 2.75) is 63.5 Å². The Morgan fingerprint density at radius 2 is 1.82 bits per heavy atom. The topological polar surface area (TPSA) is 40.5 Å². The number of aliphatic hydroxyl groups is 1. The van der Waals surface area contributed by atoms with Gasteiger partial charge in [-0.1, -0.05) is 20.8 Å². The third kappa shape index (κ3) is 6.77. The standard InChI is InChI=1S/C15H26F3NO2S/c1-14(2,3)22-10-4-5-12(20)19-8-6-11(7-9-19)13(21)15(16,17)18/h11,13,21H,4-10H2,1-3H3. The van der Waals surface area contributed by atoms with Crippen LogP contribution in [0.25, 0.3) is 0 Å². The zero-order valence-corrected chi connectivity index (χ0v) is 14.3. The van der Waals surface area contributed by atoms with Crippen molar-refractivity contribution in [3.63, 3.8) is 0 Å². The average molecular weight is 341 g/mol. The summed E-state index contributed by atoms with van der Waals surface area (Å²) in [5, 5.41) is 9.25. The highest BCUT2D eigenvalue weighted by atomic mass is 32.2. The second-order valence-corrected chi connectivity index (χ2v) is 8.69. The van der Waals surface area contributed by atoms with Crippen LogP contribution in [-0.4, -0.2) is 51.8 Å². The number of hydrogen-bond acceptors (Lipinski definition) is 3. The summed E-state index contributed by atoms with van der Waals surface area (Å²) >= 11 is 1.80. The molecule has 1 aliphatic rings. The van der Waals surface area contributed by atoms with Gasteiger partial charge in [0.15, 0.2) is 6.10 Å². The van der Waals surface area contributed by atoms with Crippen molar-refractivity contribution in [3.8, 4) is 0 Å². The number of thioether (sulfide) groups is 1.